The molecule has 4 aliphatic heterocycles. The Bertz CT molecular complexity index is 1520. The van der Waals surface area contributed by atoms with Crippen LogP contribution in [0.1, 0.15) is 43.1 Å². The number of ether oxygens (including phenoxy) is 1. The van der Waals surface area contributed by atoms with Gasteiger partial charge < -0.3 is 19.6 Å². The Balaban J connectivity index is 1.00. The first-order valence-corrected chi connectivity index (χ1v) is 14.0. The molecule has 6 aliphatic rings. The fourth-order valence-corrected chi connectivity index (χ4v) is 8.11. The second kappa shape index (κ2) is 7.59. The molecule has 6 fully saturated rings. The van der Waals surface area contributed by atoms with Crippen molar-refractivity contribution in [2.24, 2.45) is 23.2 Å². The number of aromatic nitrogens is 3. The van der Waals surface area contributed by atoms with Crippen molar-refractivity contribution in [3.8, 4) is 0 Å². The van der Waals surface area contributed by atoms with E-state index in [0.29, 0.717) is 38.4 Å². The van der Waals surface area contributed by atoms with Crippen LogP contribution in [0.2, 0.25) is 0 Å². The van der Waals surface area contributed by atoms with Crippen LogP contribution in [-0.2, 0) is 25.3 Å². The van der Waals surface area contributed by atoms with Gasteiger partial charge in [-0.05, 0) is 42.4 Å². The van der Waals surface area contributed by atoms with Gasteiger partial charge in [-0.15, -0.1) is 5.10 Å². The third-order valence-electron chi connectivity index (χ3n) is 10.4. The molecule has 9 rings (SSSR count). The highest BCUT2D eigenvalue weighted by Gasteiger charge is 2.71. The third kappa shape index (κ3) is 3.22. The maximum atomic E-state index is 13.4. The van der Waals surface area contributed by atoms with Crippen molar-refractivity contribution in [3.63, 3.8) is 0 Å². The molecule has 9 nitrogen and oxygen atoms in total. The first kappa shape index (κ1) is 23.4. The predicted molar refractivity (Wildman–Crippen MR) is 142 cm³/mol. The number of carbonyl (C=O) groups excluding carboxylic acids is 1. The molecule has 0 spiro atoms. The van der Waals surface area contributed by atoms with Crippen LogP contribution in [0.4, 0.5) is 5.69 Å². The van der Waals surface area contributed by atoms with Gasteiger partial charge in [-0.1, -0.05) is 37.3 Å². The van der Waals surface area contributed by atoms with E-state index in [1.165, 1.54) is 5.56 Å². The SMILES string of the molecule is Cc1cc(N2CC[C@](C)(c3ccccc3)C2)cn2nc(C34CC(C(=O)N5CC6C(C5)C6C(=O)O)(CO3)C4)nc12. The normalized spacial score (nSPS) is 36.3. The fraction of sp³-hybridized carbons (Fsp3) is 0.533. The van der Waals surface area contributed by atoms with Crippen LogP contribution in [0.25, 0.3) is 5.65 Å². The molecule has 2 aliphatic carbocycles. The molecule has 2 bridgehead atoms. The van der Waals surface area contributed by atoms with Crippen LogP contribution in [-0.4, -0.2) is 69.3 Å². The summed E-state index contributed by atoms with van der Waals surface area (Å²) in [6.45, 7) is 7.86. The molecule has 1 N–H and O–H groups in total. The summed E-state index contributed by atoms with van der Waals surface area (Å²) in [5.74, 6) is 0.0178. The number of rotatable bonds is 5. The largest absolute Gasteiger partial charge is 0.481 e. The molecule has 0 radical (unpaired) electrons. The number of aryl methyl sites for hydroxylation is 1. The van der Waals surface area contributed by atoms with Gasteiger partial charge in [-0.25, -0.2) is 9.50 Å². The summed E-state index contributed by atoms with van der Waals surface area (Å²) in [6.07, 6.45) is 4.36. The summed E-state index contributed by atoms with van der Waals surface area (Å²) in [6, 6.07) is 13.0. The second-order valence-corrected chi connectivity index (χ2v) is 13.0. The summed E-state index contributed by atoms with van der Waals surface area (Å²) >= 11 is 0. The zero-order valence-corrected chi connectivity index (χ0v) is 22.3. The Kier molecular flexibility index (Phi) is 4.56. The Hall–Kier alpha value is -3.46. The van der Waals surface area contributed by atoms with E-state index in [-0.39, 0.29) is 29.1 Å². The second-order valence-electron chi connectivity index (χ2n) is 13.0. The Labute approximate surface area is 226 Å². The van der Waals surface area contributed by atoms with Gasteiger partial charge in [0.2, 0.25) is 5.91 Å². The molecule has 6 heterocycles. The lowest BCUT2D eigenvalue weighted by atomic mass is 9.61. The minimum absolute atomic E-state index is 0.112. The Morgan fingerprint density at radius 3 is 2.59 bits per heavy atom. The molecule has 2 aromatic heterocycles. The predicted octanol–water partition coefficient (Wildman–Crippen LogP) is 3.00. The van der Waals surface area contributed by atoms with Crippen LogP contribution in [0.15, 0.2) is 42.6 Å². The van der Waals surface area contributed by atoms with Gasteiger partial charge in [0.1, 0.15) is 5.60 Å². The number of anilines is 1. The van der Waals surface area contributed by atoms with Crippen LogP contribution in [0.3, 0.4) is 0 Å². The minimum atomic E-state index is -0.728. The zero-order valence-electron chi connectivity index (χ0n) is 22.3. The number of carboxylic acid groups (broad SMARTS) is 1. The standard InChI is InChI=1S/C30H33N5O4/c1-18-10-20(33-9-8-28(2,16-33)19-6-4-3-5-7-19)11-35-24(18)31-26(32-35)30-14-29(15-30,17-39-30)27(38)34-12-21-22(13-34)23(21)25(36)37/h3-7,10-11,21-23H,8-9,12-17H2,1-2H3,(H,36,37)/t21?,22?,23?,28-,29?,30?/m0/s1. The Morgan fingerprint density at radius 2 is 1.87 bits per heavy atom. The molecule has 202 valence electrons. The molecule has 1 aromatic carbocycles. The van der Waals surface area contributed by atoms with Crippen molar-refractivity contribution in [1.29, 1.82) is 0 Å². The van der Waals surface area contributed by atoms with Crippen molar-refractivity contribution in [2.45, 2.75) is 44.1 Å². The highest BCUT2D eigenvalue weighted by Crippen LogP contribution is 2.64. The highest BCUT2D eigenvalue weighted by molar-refractivity contribution is 5.86. The number of carboxylic acids is 1. The molecule has 3 aromatic rings. The maximum absolute atomic E-state index is 13.4. The van der Waals surface area contributed by atoms with Crippen molar-refractivity contribution < 1.29 is 19.4 Å². The number of piperidine rings is 1. The molecule has 2 unspecified atom stereocenters. The van der Waals surface area contributed by atoms with Gasteiger partial charge >= 0.3 is 5.97 Å². The van der Waals surface area contributed by atoms with Crippen molar-refractivity contribution in [2.75, 3.05) is 37.7 Å². The lowest BCUT2D eigenvalue weighted by Crippen LogP contribution is -2.53. The Morgan fingerprint density at radius 1 is 1.13 bits per heavy atom. The van der Waals surface area contributed by atoms with E-state index in [2.05, 4.69) is 61.3 Å². The van der Waals surface area contributed by atoms with Crippen LogP contribution < -0.4 is 4.90 Å². The fourth-order valence-electron chi connectivity index (χ4n) is 8.11. The van der Waals surface area contributed by atoms with E-state index < -0.39 is 17.0 Å². The van der Waals surface area contributed by atoms with Gasteiger partial charge in [-0.2, -0.15) is 0 Å². The lowest BCUT2D eigenvalue weighted by Gasteiger charge is -2.43. The first-order valence-electron chi connectivity index (χ1n) is 14.0. The van der Waals surface area contributed by atoms with Gasteiger partial charge in [0.05, 0.1) is 29.8 Å². The topological polar surface area (TPSA) is 100 Å². The van der Waals surface area contributed by atoms with Crippen LogP contribution in [0, 0.1) is 30.1 Å². The van der Waals surface area contributed by atoms with E-state index in [1.807, 2.05) is 9.42 Å². The number of fused-ring (bicyclic) bond motifs is 3. The maximum Gasteiger partial charge on any atom is 0.307 e. The van der Waals surface area contributed by atoms with E-state index in [0.717, 1.165) is 36.4 Å². The molecule has 2 saturated carbocycles. The minimum Gasteiger partial charge on any atom is -0.481 e. The van der Waals surface area contributed by atoms with Gasteiger partial charge in [0.15, 0.2) is 11.5 Å². The molecule has 39 heavy (non-hydrogen) atoms. The third-order valence-corrected chi connectivity index (χ3v) is 10.4. The molecule has 3 atom stereocenters. The number of hydrogen-bond acceptors (Lipinski definition) is 6. The first-order chi connectivity index (χ1) is 18.7. The van der Waals surface area contributed by atoms with Gasteiger partial charge in [-0.3, -0.25) is 9.59 Å². The monoisotopic (exact) mass is 527 g/mol. The summed E-state index contributed by atoms with van der Waals surface area (Å²) in [5, 5.41) is 14.2. The summed E-state index contributed by atoms with van der Waals surface area (Å²) in [7, 11) is 0. The van der Waals surface area contributed by atoms with Crippen molar-refractivity contribution in [1.82, 2.24) is 19.5 Å². The number of nitrogens with zero attached hydrogens (tertiary/aromatic N) is 5. The molecular weight excluding hydrogens is 494 g/mol. The van der Waals surface area contributed by atoms with Crippen molar-refractivity contribution in [3.05, 3.63) is 59.5 Å². The lowest BCUT2D eigenvalue weighted by molar-refractivity contribution is -0.149. The summed E-state index contributed by atoms with van der Waals surface area (Å²) in [5.41, 5.74) is 3.39. The van der Waals surface area contributed by atoms with E-state index in [9.17, 15) is 14.7 Å². The quantitative estimate of drug-likeness (QED) is 0.545. The molecule has 9 heteroatoms. The number of hydrogen-bond donors (Lipinski definition) is 1. The zero-order chi connectivity index (χ0) is 26.7. The number of likely N-dealkylation sites (tertiary alicyclic amines) is 1. The smallest absolute Gasteiger partial charge is 0.307 e. The summed E-state index contributed by atoms with van der Waals surface area (Å²) in [4.78, 5) is 34.0. The number of pyridine rings is 1. The van der Waals surface area contributed by atoms with Gasteiger partial charge in [0, 0.05) is 44.4 Å². The molecular formula is C30H33N5O4. The highest BCUT2D eigenvalue weighted by atomic mass is 16.5. The number of carbonyl (C=O) groups is 2. The average Bonchev–Trinajstić information content (AvgIpc) is 3.53. The summed E-state index contributed by atoms with van der Waals surface area (Å²) < 4.78 is 8.15. The van der Waals surface area contributed by atoms with E-state index in [1.54, 1.807) is 0 Å². The van der Waals surface area contributed by atoms with E-state index >= 15 is 0 Å². The van der Waals surface area contributed by atoms with Crippen molar-refractivity contribution >= 4 is 23.2 Å². The molecule has 4 saturated heterocycles. The van der Waals surface area contributed by atoms with Gasteiger partial charge in [0.25, 0.3) is 0 Å². The van der Waals surface area contributed by atoms with E-state index in [4.69, 9.17) is 14.8 Å². The van der Waals surface area contributed by atoms with Crippen LogP contribution in [0.5, 0.6) is 0 Å². The number of amides is 1. The number of benzene rings is 1. The van der Waals surface area contributed by atoms with Crippen LogP contribution >= 0.6 is 0 Å². The molecule has 1 amide bonds. The number of aliphatic carboxylic acids is 1. The average molecular weight is 528 g/mol.